The molecule has 0 bridgehead atoms. The molecule has 7 heteroatoms. The SMILES string of the molecule is Cn1nccc1[C@@H]1OCCC[C@H]1CNc1cnn(-c2ccccc2F)c1. The van der Waals surface area contributed by atoms with E-state index in [9.17, 15) is 4.39 Å². The van der Waals surface area contributed by atoms with E-state index in [0.29, 0.717) is 11.6 Å². The summed E-state index contributed by atoms with van der Waals surface area (Å²) >= 11 is 0. The van der Waals surface area contributed by atoms with Crippen molar-refractivity contribution in [1.82, 2.24) is 19.6 Å². The molecule has 0 amide bonds. The first-order valence-electron chi connectivity index (χ1n) is 8.85. The third kappa shape index (κ3) is 3.35. The van der Waals surface area contributed by atoms with Crippen molar-refractivity contribution in [3.8, 4) is 5.69 Å². The van der Waals surface area contributed by atoms with Gasteiger partial charge in [0.05, 0.1) is 23.8 Å². The van der Waals surface area contributed by atoms with Gasteiger partial charge in [0.25, 0.3) is 0 Å². The molecular weight excluding hydrogens is 333 g/mol. The van der Waals surface area contributed by atoms with E-state index in [1.54, 1.807) is 41.5 Å². The summed E-state index contributed by atoms with van der Waals surface area (Å²) < 4.78 is 23.3. The zero-order valence-corrected chi connectivity index (χ0v) is 14.7. The van der Waals surface area contributed by atoms with Crippen LogP contribution in [0.4, 0.5) is 10.1 Å². The van der Waals surface area contributed by atoms with E-state index < -0.39 is 0 Å². The van der Waals surface area contributed by atoms with Gasteiger partial charge in [-0.25, -0.2) is 9.07 Å². The number of aryl methyl sites for hydroxylation is 1. The Kier molecular flexibility index (Phi) is 4.71. The molecule has 2 atom stereocenters. The zero-order chi connectivity index (χ0) is 17.9. The number of nitrogens with one attached hydrogen (secondary N) is 1. The molecule has 0 aliphatic carbocycles. The number of halogens is 1. The van der Waals surface area contributed by atoms with E-state index in [2.05, 4.69) is 15.5 Å². The van der Waals surface area contributed by atoms with E-state index >= 15 is 0 Å². The van der Waals surface area contributed by atoms with Crippen LogP contribution in [0.3, 0.4) is 0 Å². The van der Waals surface area contributed by atoms with E-state index in [-0.39, 0.29) is 11.9 Å². The number of hydrogen-bond acceptors (Lipinski definition) is 4. The summed E-state index contributed by atoms with van der Waals surface area (Å²) in [6.45, 7) is 1.54. The molecule has 136 valence electrons. The van der Waals surface area contributed by atoms with Crippen molar-refractivity contribution in [2.75, 3.05) is 18.5 Å². The van der Waals surface area contributed by atoms with Crippen LogP contribution in [-0.2, 0) is 11.8 Å². The predicted octanol–water partition coefficient (Wildman–Crippen LogP) is 3.32. The molecule has 0 spiro atoms. The lowest BCUT2D eigenvalue weighted by atomic mass is 9.92. The van der Waals surface area contributed by atoms with Gasteiger partial charge in [-0.3, -0.25) is 4.68 Å². The predicted molar refractivity (Wildman–Crippen MR) is 96.6 cm³/mol. The fourth-order valence-corrected chi connectivity index (χ4v) is 3.47. The number of hydrogen-bond donors (Lipinski definition) is 1. The van der Waals surface area contributed by atoms with Gasteiger partial charge >= 0.3 is 0 Å². The smallest absolute Gasteiger partial charge is 0.148 e. The summed E-state index contributed by atoms with van der Waals surface area (Å²) in [4.78, 5) is 0. The van der Waals surface area contributed by atoms with E-state index in [0.717, 1.165) is 37.4 Å². The third-order valence-electron chi connectivity index (χ3n) is 4.85. The van der Waals surface area contributed by atoms with Crippen LogP contribution in [0, 0.1) is 11.7 Å². The zero-order valence-electron chi connectivity index (χ0n) is 14.7. The average Bonchev–Trinajstić information content (AvgIpc) is 3.30. The molecule has 3 heterocycles. The highest BCUT2D eigenvalue weighted by Crippen LogP contribution is 2.33. The number of para-hydroxylation sites is 1. The van der Waals surface area contributed by atoms with Gasteiger partial charge in [-0.2, -0.15) is 10.2 Å². The van der Waals surface area contributed by atoms with Crippen LogP contribution in [0.15, 0.2) is 48.9 Å². The molecule has 1 aromatic carbocycles. The summed E-state index contributed by atoms with van der Waals surface area (Å²) in [6.07, 6.45) is 7.50. The first kappa shape index (κ1) is 16.8. The van der Waals surface area contributed by atoms with Crippen LogP contribution in [0.2, 0.25) is 0 Å². The second kappa shape index (κ2) is 7.29. The third-order valence-corrected chi connectivity index (χ3v) is 4.85. The molecule has 3 aromatic rings. The number of rotatable bonds is 5. The summed E-state index contributed by atoms with van der Waals surface area (Å²) in [5.74, 6) is 0.0510. The lowest BCUT2D eigenvalue weighted by Gasteiger charge is -2.32. The highest BCUT2D eigenvalue weighted by molar-refractivity contribution is 5.43. The number of ether oxygens (including phenoxy) is 1. The summed E-state index contributed by atoms with van der Waals surface area (Å²) in [5, 5.41) is 11.9. The second-order valence-electron chi connectivity index (χ2n) is 6.58. The summed E-state index contributed by atoms with van der Waals surface area (Å²) in [5.41, 5.74) is 2.40. The van der Waals surface area contributed by atoms with E-state index in [1.165, 1.54) is 6.07 Å². The molecule has 1 saturated heterocycles. The number of aromatic nitrogens is 4. The van der Waals surface area contributed by atoms with Gasteiger partial charge in [-0.05, 0) is 31.0 Å². The molecule has 1 aliphatic heterocycles. The number of anilines is 1. The molecule has 0 saturated carbocycles. The van der Waals surface area contributed by atoms with Crippen molar-refractivity contribution in [3.05, 3.63) is 60.4 Å². The highest BCUT2D eigenvalue weighted by Gasteiger charge is 2.29. The monoisotopic (exact) mass is 355 g/mol. The molecule has 6 nitrogen and oxygen atoms in total. The maximum atomic E-state index is 13.9. The van der Waals surface area contributed by atoms with Gasteiger partial charge in [0.1, 0.15) is 17.6 Å². The van der Waals surface area contributed by atoms with Crippen LogP contribution in [0.25, 0.3) is 5.69 Å². The van der Waals surface area contributed by atoms with Crippen molar-refractivity contribution in [2.45, 2.75) is 18.9 Å². The number of nitrogens with zero attached hydrogens (tertiary/aromatic N) is 4. The van der Waals surface area contributed by atoms with Crippen molar-refractivity contribution < 1.29 is 9.13 Å². The van der Waals surface area contributed by atoms with E-state index in [4.69, 9.17) is 4.74 Å². The van der Waals surface area contributed by atoms with Crippen LogP contribution in [0.5, 0.6) is 0 Å². The normalized spacial score (nSPS) is 20.2. The second-order valence-corrected chi connectivity index (χ2v) is 6.58. The fraction of sp³-hybridized carbons (Fsp3) is 0.368. The lowest BCUT2D eigenvalue weighted by molar-refractivity contribution is -0.0284. The maximum absolute atomic E-state index is 13.9. The summed E-state index contributed by atoms with van der Waals surface area (Å²) in [6, 6.07) is 8.62. The first-order valence-corrected chi connectivity index (χ1v) is 8.85. The number of benzene rings is 1. The van der Waals surface area contributed by atoms with Crippen molar-refractivity contribution in [1.29, 1.82) is 0 Å². The first-order chi connectivity index (χ1) is 12.7. The van der Waals surface area contributed by atoms with Crippen LogP contribution >= 0.6 is 0 Å². The Morgan fingerprint density at radius 1 is 1.27 bits per heavy atom. The van der Waals surface area contributed by atoms with Crippen molar-refractivity contribution in [3.63, 3.8) is 0 Å². The molecule has 1 fully saturated rings. The van der Waals surface area contributed by atoms with Gasteiger partial charge in [0.2, 0.25) is 0 Å². The van der Waals surface area contributed by atoms with Crippen molar-refractivity contribution in [2.24, 2.45) is 13.0 Å². The molecule has 4 rings (SSSR count). The van der Waals surface area contributed by atoms with E-state index in [1.807, 2.05) is 17.8 Å². The molecule has 1 aliphatic rings. The Hall–Kier alpha value is -2.67. The molecule has 2 aromatic heterocycles. The van der Waals surface area contributed by atoms with Crippen molar-refractivity contribution >= 4 is 5.69 Å². The minimum Gasteiger partial charge on any atom is -0.382 e. The quantitative estimate of drug-likeness (QED) is 0.763. The Bertz CT molecular complexity index is 874. The van der Waals surface area contributed by atoms with Gasteiger partial charge in [0.15, 0.2) is 0 Å². The minimum absolute atomic E-state index is 0.0327. The maximum Gasteiger partial charge on any atom is 0.148 e. The fourth-order valence-electron chi connectivity index (χ4n) is 3.47. The molecule has 1 N–H and O–H groups in total. The molecular formula is C19H22FN5O. The van der Waals surface area contributed by atoms with Gasteiger partial charge in [-0.15, -0.1) is 0 Å². The van der Waals surface area contributed by atoms with Crippen LogP contribution in [0.1, 0.15) is 24.6 Å². The summed E-state index contributed by atoms with van der Waals surface area (Å²) in [7, 11) is 1.94. The average molecular weight is 355 g/mol. The van der Waals surface area contributed by atoms with Gasteiger partial charge in [-0.1, -0.05) is 12.1 Å². The van der Waals surface area contributed by atoms with Crippen LogP contribution in [-0.4, -0.2) is 32.7 Å². The Labute approximate surface area is 151 Å². The largest absolute Gasteiger partial charge is 0.382 e. The molecule has 26 heavy (non-hydrogen) atoms. The molecule has 0 radical (unpaired) electrons. The Morgan fingerprint density at radius 2 is 2.15 bits per heavy atom. The van der Waals surface area contributed by atoms with Crippen LogP contribution < -0.4 is 5.32 Å². The van der Waals surface area contributed by atoms with Gasteiger partial charge in [0, 0.05) is 32.3 Å². The minimum atomic E-state index is -0.292. The molecule has 0 unspecified atom stereocenters. The standard InChI is InChI=1S/C19H22FN5O/c1-24-18(8-9-22-24)19-14(5-4-10-26-19)11-21-15-12-23-25(13-15)17-7-3-2-6-16(17)20/h2-3,6-9,12-14,19,21H,4-5,10-11H2,1H3/t14-,19+/m0/s1. The lowest BCUT2D eigenvalue weighted by Crippen LogP contribution is -2.29. The topological polar surface area (TPSA) is 56.9 Å². The van der Waals surface area contributed by atoms with Gasteiger partial charge < -0.3 is 10.1 Å². The highest BCUT2D eigenvalue weighted by atomic mass is 19.1. The Balaban J connectivity index is 1.45. The Morgan fingerprint density at radius 3 is 2.96 bits per heavy atom.